The summed E-state index contributed by atoms with van der Waals surface area (Å²) in [5.41, 5.74) is 1.74. The lowest BCUT2D eigenvalue weighted by Gasteiger charge is -1.96. The number of aromatic nitrogens is 2. The van der Waals surface area contributed by atoms with Crippen molar-refractivity contribution >= 4 is 5.57 Å². The van der Waals surface area contributed by atoms with Crippen LogP contribution in [-0.4, -0.2) is 16.7 Å². The fourth-order valence-electron chi connectivity index (χ4n) is 1.78. The van der Waals surface area contributed by atoms with E-state index in [-0.39, 0.29) is 0 Å². The molecule has 1 aliphatic heterocycles. The lowest BCUT2D eigenvalue weighted by atomic mass is 10.1. The maximum Gasteiger partial charge on any atom is 0.226 e. The predicted molar refractivity (Wildman–Crippen MR) is 68.4 cm³/mol. The van der Waals surface area contributed by atoms with Crippen molar-refractivity contribution in [1.29, 1.82) is 0 Å². The highest BCUT2D eigenvalue weighted by Crippen LogP contribution is 2.23. The topological polar surface area (TPSA) is 48.2 Å². The zero-order chi connectivity index (χ0) is 13.0. The van der Waals surface area contributed by atoms with Gasteiger partial charge in [0, 0.05) is 12.8 Å². The number of hydrogen-bond acceptors (Lipinski definition) is 4. The Morgan fingerprint density at radius 2 is 2.39 bits per heavy atom. The van der Waals surface area contributed by atoms with Crippen LogP contribution in [0.4, 0.5) is 0 Å². The molecule has 2 rings (SSSR count). The Labute approximate surface area is 107 Å². The lowest BCUT2D eigenvalue weighted by Crippen LogP contribution is -1.88. The minimum atomic E-state index is 0.480. The van der Waals surface area contributed by atoms with E-state index in [0.29, 0.717) is 23.9 Å². The smallest absolute Gasteiger partial charge is 0.226 e. The van der Waals surface area contributed by atoms with E-state index in [1.807, 2.05) is 13.0 Å². The highest BCUT2D eigenvalue weighted by Gasteiger charge is 2.14. The van der Waals surface area contributed by atoms with E-state index in [1.54, 1.807) is 0 Å². The van der Waals surface area contributed by atoms with Gasteiger partial charge in [0.05, 0.1) is 17.9 Å². The van der Waals surface area contributed by atoms with E-state index in [9.17, 15) is 0 Å². The zero-order valence-electron chi connectivity index (χ0n) is 10.7. The van der Waals surface area contributed by atoms with E-state index in [1.165, 1.54) is 0 Å². The average molecular weight is 244 g/mol. The molecule has 0 atom stereocenters. The second-order valence-corrected chi connectivity index (χ2v) is 4.14. The molecule has 0 radical (unpaired) electrons. The fourth-order valence-corrected chi connectivity index (χ4v) is 1.78. The Kier molecular flexibility index (Phi) is 3.83. The van der Waals surface area contributed by atoms with Crippen molar-refractivity contribution in [3.05, 3.63) is 29.1 Å². The van der Waals surface area contributed by atoms with E-state index in [4.69, 9.17) is 15.7 Å². The van der Waals surface area contributed by atoms with Crippen LogP contribution in [0.3, 0.4) is 0 Å². The molecule has 0 fully saturated rings. The van der Waals surface area contributed by atoms with Crippen LogP contribution in [0, 0.1) is 12.3 Å². The molecule has 4 nitrogen and oxygen atoms in total. The van der Waals surface area contributed by atoms with Gasteiger partial charge < -0.3 is 9.26 Å². The van der Waals surface area contributed by atoms with Gasteiger partial charge in [-0.15, -0.1) is 6.42 Å². The first-order chi connectivity index (χ1) is 8.74. The summed E-state index contributed by atoms with van der Waals surface area (Å²) in [6, 6.07) is 0. The van der Waals surface area contributed by atoms with Crippen molar-refractivity contribution in [2.45, 2.75) is 33.1 Å². The van der Waals surface area contributed by atoms with Gasteiger partial charge in [-0.3, -0.25) is 0 Å². The maximum atomic E-state index is 5.51. The monoisotopic (exact) mass is 244 g/mol. The van der Waals surface area contributed by atoms with Gasteiger partial charge >= 0.3 is 0 Å². The quantitative estimate of drug-likeness (QED) is 0.764. The minimum absolute atomic E-state index is 0.480. The number of terminal acetylenes is 1. The van der Waals surface area contributed by atoms with Gasteiger partial charge in [-0.25, -0.2) is 0 Å². The third-order valence-corrected chi connectivity index (χ3v) is 2.79. The van der Waals surface area contributed by atoms with Crippen molar-refractivity contribution in [2.75, 3.05) is 6.61 Å². The van der Waals surface area contributed by atoms with Gasteiger partial charge in [-0.1, -0.05) is 18.0 Å². The molecule has 0 N–H and O–H groups in total. The van der Waals surface area contributed by atoms with Crippen molar-refractivity contribution < 1.29 is 9.26 Å². The Morgan fingerprint density at radius 3 is 3.00 bits per heavy atom. The molecule has 1 aliphatic rings. The molecule has 94 valence electrons. The highest BCUT2D eigenvalue weighted by molar-refractivity contribution is 5.76. The zero-order valence-corrected chi connectivity index (χ0v) is 10.7. The normalized spacial score (nSPS) is 15.7. The summed E-state index contributed by atoms with van der Waals surface area (Å²) >= 11 is 0. The molecule has 0 saturated carbocycles. The van der Waals surface area contributed by atoms with Gasteiger partial charge in [-0.2, -0.15) is 4.98 Å². The van der Waals surface area contributed by atoms with Gasteiger partial charge in [-0.05, 0) is 25.0 Å². The highest BCUT2D eigenvalue weighted by atomic mass is 16.5. The molecular formula is C14H16N2O2. The number of hydrogen-bond donors (Lipinski definition) is 0. The first-order valence-corrected chi connectivity index (χ1v) is 6.08. The fraction of sp³-hybridized carbons (Fsp3) is 0.429. The van der Waals surface area contributed by atoms with Crippen LogP contribution in [0.5, 0.6) is 0 Å². The van der Waals surface area contributed by atoms with Gasteiger partial charge in [0.2, 0.25) is 11.7 Å². The summed E-state index contributed by atoms with van der Waals surface area (Å²) in [4.78, 5) is 4.29. The van der Waals surface area contributed by atoms with Crippen LogP contribution in [0.15, 0.2) is 21.9 Å². The standard InChI is InChI=1S/C14H16N2O2/c1-4-6-13-15-14(16-18-13)11(5-2)9-12-7-8-17-10(12)3/h2,9H,4,6-8H2,1,3H3/b11-9+. The number of ether oxygens (including phenoxy) is 1. The molecule has 0 amide bonds. The first kappa shape index (κ1) is 12.4. The van der Waals surface area contributed by atoms with Gasteiger partial charge in [0.1, 0.15) is 0 Å². The number of allylic oxidation sites excluding steroid dienone is 3. The second kappa shape index (κ2) is 5.54. The molecule has 18 heavy (non-hydrogen) atoms. The summed E-state index contributed by atoms with van der Waals surface area (Å²) < 4.78 is 10.5. The predicted octanol–water partition coefficient (Wildman–Crippen LogP) is 2.73. The molecule has 1 aromatic rings. The van der Waals surface area contributed by atoms with Crippen LogP contribution >= 0.6 is 0 Å². The SMILES string of the molecule is C#C/C(=C\C1=C(C)OCC1)c1noc(CCC)n1. The molecule has 0 aliphatic carbocycles. The van der Waals surface area contributed by atoms with Crippen LogP contribution in [0.1, 0.15) is 38.4 Å². The van der Waals surface area contributed by atoms with E-state index >= 15 is 0 Å². The van der Waals surface area contributed by atoms with Gasteiger partial charge in [0.25, 0.3) is 0 Å². The summed E-state index contributed by atoms with van der Waals surface area (Å²) in [6.07, 6.45) is 10.0. The molecule has 1 aromatic heterocycles. The largest absolute Gasteiger partial charge is 0.498 e. The summed E-state index contributed by atoms with van der Waals surface area (Å²) in [7, 11) is 0. The average Bonchev–Trinajstić information content (AvgIpc) is 2.96. The number of aryl methyl sites for hydroxylation is 1. The molecule has 0 spiro atoms. The molecule has 2 heterocycles. The first-order valence-electron chi connectivity index (χ1n) is 6.08. The van der Waals surface area contributed by atoms with Crippen LogP contribution in [0.2, 0.25) is 0 Å². The Hall–Kier alpha value is -2.02. The molecule has 0 unspecified atom stereocenters. The Morgan fingerprint density at radius 1 is 1.56 bits per heavy atom. The third-order valence-electron chi connectivity index (χ3n) is 2.79. The number of rotatable bonds is 4. The Balaban J connectivity index is 2.25. The Bertz CT molecular complexity index is 532. The van der Waals surface area contributed by atoms with Crippen LogP contribution in [0.25, 0.3) is 5.57 Å². The molecular weight excluding hydrogens is 228 g/mol. The minimum Gasteiger partial charge on any atom is -0.498 e. The second-order valence-electron chi connectivity index (χ2n) is 4.14. The van der Waals surface area contributed by atoms with E-state index in [2.05, 4.69) is 23.0 Å². The van der Waals surface area contributed by atoms with Crippen molar-refractivity contribution in [3.63, 3.8) is 0 Å². The number of nitrogens with zero attached hydrogens (tertiary/aromatic N) is 2. The van der Waals surface area contributed by atoms with Crippen LogP contribution in [-0.2, 0) is 11.2 Å². The van der Waals surface area contributed by atoms with E-state index < -0.39 is 0 Å². The van der Waals surface area contributed by atoms with Crippen molar-refractivity contribution in [2.24, 2.45) is 0 Å². The summed E-state index contributed by atoms with van der Waals surface area (Å²) in [5, 5.41) is 3.91. The molecule has 0 bridgehead atoms. The summed E-state index contributed by atoms with van der Waals surface area (Å²) in [6.45, 7) is 4.71. The molecule has 4 heteroatoms. The lowest BCUT2D eigenvalue weighted by molar-refractivity contribution is 0.246. The van der Waals surface area contributed by atoms with Crippen molar-refractivity contribution in [3.8, 4) is 12.3 Å². The summed E-state index contributed by atoms with van der Waals surface area (Å²) in [5.74, 6) is 4.63. The van der Waals surface area contributed by atoms with E-state index in [0.717, 1.165) is 30.6 Å². The molecule has 0 saturated heterocycles. The maximum absolute atomic E-state index is 5.51. The molecule has 0 aromatic carbocycles. The third kappa shape index (κ3) is 2.62. The van der Waals surface area contributed by atoms with Crippen LogP contribution < -0.4 is 0 Å². The van der Waals surface area contributed by atoms with Gasteiger partial charge in [0.15, 0.2) is 0 Å². The van der Waals surface area contributed by atoms with Crippen molar-refractivity contribution in [1.82, 2.24) is 10.1 Å².